The Bertz CT molecular complexity index is 884. The number of methoxy groups -OCH3 is 2. The van der Waals surface area contributed by atoms with Gasteiger partial charge in [-0.05, 0) is 61.7 Å². The van der Waals surface area contributed by atoms with Crippen LogP contribution in [0.5, 0.6) is 11.5 Å². The summed E-state index contributed by atoms with van der Waals surface area (Å²) in [6.45, 7) is 3.34. The minimum Gasteiger partial charge on any atom is -0.497 e. The van der Waals surface area contributed by atoms with Gasteiger partial charge in [-0.15, -0.1) is 0 Å². The second-order valence-corrected chi connectivity index (χ2v) is 7.78. The highest BCUT2D eigenvalue weighted by molar-refractivity contribution is 5.90. The predicted molar refractivity (Wildman–Crippen MR) is 116 cm³/mol. The molecule has 1 saturated heterocycles. The molecule has 2 aromatic rings. The van der Waals surface area contributed by atoms with Gasteiger partial charge >= 0.3 is 6.03 Å². The van der Waals surface area contributed by atoms with Crippen molar-refractivity contribution in [2.75, 3.05) is 32.6 Å². The molecule has 30 heavy (non-hydrogen) atoms. The van der Waals surface area contributed by atoms with Crippen LogP contribution >= 0.6 is 0 Å². The van der Waals surface area contributed by atoms with Crippen LogP contribution in [0.3, 0.4) is 0 Å². The second kappa shape index (κ2) is 9.52. The van der Waals surface area contributed by atoms with E-state index in [0.717, 1.165) is 29.9 Å². The Balaban J connectivity index is 1.58. The summed E-state index contributed by atoms with van der Waals surface area (Å²) in [6, 6.07) is 14.6. The fraction of sp³-hybridized carbons (Fsp3) is 0.391. The summed E-state index contributed by atoms with van der Waals surface area (Å²) in [7, 11) is 3.22. The quantitative estimate of drug-likeness (QED) is 0.760. The number of rotatable bonds is 6. The number of ether oxygens (including phenoxy) is 2. The first-order valence-corrected chi connectivity index (χ1v) is 10.0. The first-order valence-electron chi connectivity index (χ1n) is 10.0. The van der Waals surface area contributed by atoms with Gasteiger partial charge in [-0.1, -0.05) is 12.1 Å². The van der Waals surface area contributed by atoms with E-state index < -0.39 is 5.41 Å². The van der Waals surface area contributed by atoms with Crippen molar-refractivity contribution < 1.29 is 19.1 Å². The Morgan fingerprint density at radius 1 is 1.07 bits per heavy atom. The van der Waals surface area contributed by atoms with Crippen LogP contribution in [0, 0.1) is 5.41 Å². The van der Waals surface area contributed by atoms with E-state index in [1.807, 2.05) is 31.2 Å². The average molecular weight is 412 g/mol. The maximum Gasteiger partial charge on any atom is 0.321 e. The third-order valence-corrected chi connectivity index (χ3v) is 5.46. The average Bonchev–Trinajstić information content (AvgIpc) is 2.78. The molecule has 1 atom stereocenters. The molecule has 1 aliphatic rings. The van der Waals surface area contributed by atoms with Crippen LogP contribution in [0.4, 0.5) is 10.5 Å². The van der Waals surface area contributed by atoms with Crippen molar-refractivity contribution in [2.45, 2.75) is 26.3 Å². The lowest BCUT2D eigenvalue weighted by atomic mass is 9.81. The molecule has 0 saturated carbocycles. The Kier molecular flexibility index (Phi) is 6.82. The number of benzene rings is 2. The van der Waals surface area contributed by atoms with Gasteiger partial charge in [0.2, 0.25) is 5.91 Å². The van der Waals surface area contributed by atoms with Crippen LogP contribution in [-0.4, -0.2) is 44.1 Å². The van der Waals surface area contributed by atoms with Crippen molar-refractivity contribution in [1.29, 1.82) is 0 Å². The van der Waals surface area contributed by atoms with Crippen LogP contribution in [0.15, 0.2) is 48.5 Å². The fourth-order valence-electron chi connectivity index (χ4n) is 3.65. The van der Waals surface area contributed by atoms with Gasteiger partial charge in [0.25, 0.3) is 0 Å². The highest BCUT2D eigenvalue weighted by atomic mass is 16.5. The molecular weight excluding hydrogens is 382 g/mol. The number of nitrogens with zero attached hydrogens (tertiary/aromatic N) is 1. The number of amides is 3. The summed E-state index contributed by atoms with van der Waals surface area (Å²) in [4.78, 5) is 27.4. The summed E-state index contributed by atoms with van der Waals surface area (Å²) in [5.74, 6) is 1.44. The van der Waals surface area contributed by atoms with E-state index in [9.17, 15) is 9.59 Å². The van der Waals surface area contributed by atoms with Gasteiger partial charge in [-0.3, -0.25) is 4.79 Å². The molecule has 0 unspecified atom stereocenters. The number of anilines is 1. The lowest BCUT2D eigenvalue weighted by molar-refractivity contribution is -0.132. The molecule has 2 N–H and O–H groups in total. The van der Waals surface area contributed by atoms with Crippen LogP contribution < -0.4 is 20.1 Å². The summed E-state index contributed by atoms with van der Waals surface area (Å²) >= 11 is 0. The minimum absolute atomic E-state index is 0.0488. The smallest absolute Gasteiger partial charge is 0.321 e. The van der Waals surface area contributed by atoms with Crippen molar-refractivity contribution in [3.63, 3.8) is 0 Å². The van der Waals surface area contributed by atoms with Crippen molar-refractivity contribution in [2.24, 2.45) is 5.41 Å². The predicted octanol–water partition coefficient (Wildman–Crippen LogP) is 3.65. The van der Waals surface area contributed by atoms with E-state index >= 15 is 0 Å². The third kappa shape index (κ3) is 5.23. The second-order valence-electron chi connectivity index (χ2n) is 7.78. The lowest BCUT2D eigenvalue weighted by Crippen LogP contribution is -2.52. The van der Waals surface area contributed by atoms with E-state index in [-0.39, 0.29) is 11.9 Å². The van der Waals surface area contributed by atoms with Gasteiger partial charge in [-0.2, -0.15) is 0 Å². The van der Waals surface area contributed by atoms with Crippen molar-refractivity contribution >= 4 is 17.6 Å². The number of piperidine rings is 1. The molecule has 0 bridgehead atoms. The van der Waals surface area contributed by atoms with Crippen LogP contribution in [0.25, 0.3) is 0 Å². The molecule has 7 heteroatoms. The van der Waals surface area contributed by atoms with Gasteiger partial charge in [0.1, 0.15) is 11.5 Å². The fourth-order valence-corrected chi connectivity index (χ4v) is 3.65. The molecular formula is C23H29N3O4. The number of carbonyl (C=O) groups excluding carboxylic acids is 2. The van der Waals surface area contributed by atoms with Gasteiger partial charge in [0.05, 0.1) is 19.6 Å². The lowest BCUT2D eigenvalue weighted by Gasteiger charge is -2.39. The molecule has 0 aliphatic carbocycles. The Morgan fingerprint density at radius 3 is 2.50 bits per heavy atom. The minimum atomic E-state index is -0.631. The molecule has 0 aromatic heterocycles. The molecule has 0 spiro atoms. The highest BCUT2D eigenvalue weighted by Crippen LogP contribution is 2.30. The molecule has 1 aliphatic heterocycles. The Morgan fingerprint density at radius 2 is 1.80 bits per heavy atom. The van der Waals surface area contributed by atoms with Gasteiger partial charge in [0, 0.05) is 25.3 Å². The molecule has 3 amide bonds. The van der Waals surface area contributed by atoms with Gasteiger partial charge in [0.15, 0.2) is 0 Å². The molecule has 3 rings (SSSR count). The highest BCUT2D eigenvalue weighted by Gasteiger charge is 2.39. The summed E-state index contributed by atoms with van der Waals surface area (Å²) < 4.78 is 10.4. The largest absolute Gasteiger partial charge is 0.497 e. The number of hydrogen-bond acceptors (Lipinski definition) is 4. The molecule has 2 aromatic carbocycles. The van der Waals surface area contributed by atoms with Gasteiger partial charge in [-0.25, -0.2) is 4.79 Å². The van der Waals surface area contributed by atoms with Crippen LogP contribution in [0.1, 0.15) is 25.3 Å². The molecule has 7 nitrogen and oxygen atoms in total. The number of hydrogen-bond donors (Lipinski definition) is 2. The monoisotopic (exact) mass is 411 g/mol. The Labute approximate surface area is 177 Å². The van der Waals surface area contributed by atoms with Crippen LogP contribution in [-0.2, 0) is 11.3 Å². The molecule has 1 fully saturated rings. The first-order chi connectivity index (χ1) is 14.4. The standard InChI is InChI=1S/C23H29N3O4/c1-23(21(27)24-15-17-6-4-7-20(14-17)30-3)12-5-13-26(16-23)22(28)25-18-8-10-19(29-2)11-9-18/h4,6-11,14H,5,12-13,15-16H2,1-3H3,(H,24,27)(H,25,28)/t23-/m0/s1. The zero-order chi connectivity index (χ0) is 21.6. The summed E-state index contributed by atoms with van der Waals surface area (Å²) in [5.41, 5.74) is 1.03. The van der Waals surface area contributed by atoms with E-state index in [2.05, 4.69) is 10.6 Å². The van der Waals surface area contributed by atoms with Crippen molar-refractivity contribution in [1.82, 2.24) is 10.2 Å². The van der Waals surface area contributed by atoms with E-state index in [0.29, 0.717) is 25.3 Å². The number of nitrogens with one attached hydrogen (secondary N) is 2. The SMILES string of the molecule is COc1ccc(NC(=O)N2CCC[C@](C)(C(=O)NCc3cccc(OC)c3)C2)cc1. The zero-order valence-electron chi connectivity index (χ0n) is 17.7. The first kappa shape index (κ1) is 21.5. The normalized spacial score (nSPS) is 18.4. The van der Waals surface area contributed by atoms with E-state index in [1.54, 1.807) is 43.4 Å². The molecule has 0 radical (unpaired) electrons. The van der Waals surface area contributed by atoms with Crippen molar-refractivity contribution in [3.05, 3.63) is 54.1 Å². The van der Waals surface area contributed by atoms with Crippen molar-refractivity contribution in [3.8, 4) is 11.5 Å². The van der Waals surface area contributed by atoms with Gasteiger partial charge < -0.3 is 25.0 Å². The number of carbonyl (C=O) groups is 2. The van der Waals surface area contributed by atoms with E-state index in [1.165, 1.54) is 0 Å². The summed E-state index contributed by atoms with van der Waals surface area (Å²) in [5, 5.41) is 5.91. The summed E-state index contributed by atoms with van der Waals surface area (Å²) in [6.07, 6.45) is 1.52. The molecule has 160 valence electrons. The maximum absolute atomic E-state index is 12.9. The third-order valence-electron chi connectivity index (χ3n) is 5.46. The Hall–Kier alpha value is -3.22. The maximum atomic E-state index is 12.9. The number of urea groups is 1. The number of likely N-dealkylation sites (tertiary alicyclic amines) is 1. The zero-order valence-corrected chi connectivity index (χ0v) is 17.7. The van der Waals surface area contributed by atoms with Crippen LogP contribution in [0.2, 0.25) is 0 Å². The molecule has 1 heterocycles. The van der Waals surface area contributed by atoms with E-state index in [4.69, 9.17) is 9.47 Å². The topological polar surface area (TPSA) is 79.9 Å².